The number of rotatable bonds is 3. The van der Waals surface area contributed by atoms with E-state index in [2.05, 4.69) is 15.2 Å². The van der Waals surface area contributed by atoms with Crippen molar-refractivity contribution in [2.24, 2.45) is 0 Å². The summed E-state index contributed by atoms with van der Waals surface area (Å²) in [5.74, 6) is 0.935. The average molecular weight is 285 g/mol. The molecule has 0 amide bonds. The van der Waals surface area contributed by atoms with E-state index in [0.717, 1.165) is 35.4 Å². The molecule has 110 valence electrons. The molecule has 0 saturated heterocycles. The topological polar surface area (TPSA) is 78.9 Å². The van der Waals surface area contributed by atoms with E-state index < -0.39 is 5.97 Å². The van der Waals surface area contributed by atoms with Gasteiger partial charge in [-0.1, -0.05) is 6.42 Å². The maximum absolute atomic E-state index is 11.5. The molecule has 2 N–H and O–H groups in total. The molecule has 5 nitrogen and oxygen atoms in total. The van der Waals surface area contributed by atoms with Crippen LogP contribution in [0.25, 0.3) is 11.4 Å². The van der Waals surface area contributed by atoms with E-state index in [4.69, 9.17) is 0 Å². The fourth-order valence-corrected chi connectivity index (χ4v) is 3.03. The van der Waals surface area contributed by atoms with Crippen LogP contribution in [-0.4, -0.2) is 26.3 Å². The highest BCUT2D eigenvalue weighted by Crippen LogP contribution is 2.43. The first-order valence-corrected chi connectivity index (χ1v) is 7.25. The minimum Gasteiger partial charge on any atom is -0.478 e. The van der Waals surface area contributed by atoms with Gasteiger partial charge in [-0.05, 0) is 62.3 Å². The van der Waals surface area contributed by atoms with Gasteiger partial charge < -0.3 is 5.11 Å². The molecule has 1 aromatic heterocycles. The standard InChI is InChI=1S/C16H19N3O2/c1-8-9(2)14(11-5-4-6-11)13(7-12(8)16(20)21)15-17-10(3)18-19-15/h7,11H,4-6H2,1-3H3,(H,20,21)(H,17,18,19). The molecule has 1 fully saturated rings. The third kappa shape index (κ3) is 2.22. The van der Waals surface area contributed by atoms with Crippen molar-refractivity contribution < 1.29 is 9.90 Å². The van der Waals surface area contributed by atoms with E-state index in [1.165, 1.54) is 12.0 Å². The summed E-state index contributed by atoms with van der Waals surface area (Å²) in [6.45, 7) is 5.74. The molecule has 1 aliphatic carbocycles. The molecule has 0 aliphatic heterocycles. The number of carbonyl (C=O) groups is 1. The van der Waals surface area contributed by atoms with Gasteiger partial charge in [0.25, 0.3) is 0 Å². The van der Waals surface area contributed by atoms with E-state index in [1.807, 2.05) is 20.8 Å². The molecular formula is C16H19N3O2. The van der Waals surface area contributed by atoms with Crippen LogP contribution >= 0.6 is 0 Å². The van der Waals surface area contributed by atoms with Gasteiger partial charge in [-0.15, -0.1) is 0 Å². The highest BCUT2D eigenvalue weighted by Gasteiger charge is 2.28. The Labute approximate surface area is 123 Å². The lowest BCUT2D eigenvalue weighted by atomic mass is 9.74. The molecule has 2 aromatic rings. The van der Waals surface area contributed by atoms with Crippen LogP contribution < -0.4 is 0 Å². The Kier molecular flexibility index (Phi) is 3.27. The van der Waals surface area contributed by atoms with Gasteiger partial charge in [0, 0.05) is 5.56 Å². The van der Waals surface area contributed by atoms with Crippen LogP contribution in [-0.2, 0) is 0 Å². The summed E-state index contributed by atoms with van der Waals surface area (Å²) >= 11 is 0. The van der Waals surface area contributed by atoms with Gasteiger partial charge in [0.1, 0.15) is 5.82 Å². The number of hydrogen-bond acceptors (Lipinski definition) is 3. The van der Waals surface area contributed by atoms with Gasteiger partial charge in [0.05, 0.1) is 5.56 Å². The Morgan fingerprint density at radius 3 is 2.48 bits per heavy atom. The number of aromatic amines is 1. The van der Waals surface area contributed by atoms with Crippen molar-refractivity contribution in [2.75, 3.05) is 0 Å². The number of hydrogen-bond donors (Lipinski definition) is 2. The molecule has 1 heterocycles. The molecule has 1 aliphatic rings. The number of aromatic carboxylic acids is 1. The zero-order valence-corrected chi connectivity index (χ0v) is 12.5. The normalized spacial score (nSPS) is 15.0. The summed E-state index contributed by atoms with van der Waals surface area (Å²) in [4.78, 5) is 15.9. The predicted octanol–water partition coefficient (Wildman–Crippen LogP) is 3.36. The van der Waals surface area contributed by atoms with Crippen LogP contribution in [0.2, 0.25) is 0 Å². The fourth-order valence-electron chi connectivity index (χ4n) is 3.03. The lowest BCUT2D eigenvalue weighted by Gasteiger charge is -2.30. The second-order valence-corrected chi connectivity index (χ2v) is 5.81. The molecule has 0 spiro atoms. The maximum atomic E-state index is 11.5. The minimum absolute atomic E-state index is 0.341. The number of aryl methyl sites for hydroxylation is 1. The van der Waals surface area contributed by atoms with Crippen molar-refractivity contribution in [2.45, 2.75) is 46.0 Å². The number of aromatic nitrogens is 3. The molecule has 0 radical (unpaired) electrons. The van der Waals surface area contributed by atoms with Crippen LogP contribution in [0.15, 0.2) is 6.07 Å². The van der Waals surface area contributed by atoms with Crippen LogP contribution in [0.1, 0.15) is 58.1 Å². The van der Waals surface area contributed by atoms with Crippen molar-refractivity contribution in [3.05, 3.63) is 34.1 Å². The highest BCUT2D eigenvalue weighted by atomic mass is 16.4. The van der Waals surface area contributed by atoms with Crippen LogP contribution in [0, 0.1) is 20.8 Å². The summed E-state index contributed by atoms with van der Waals surface area (Å²) in [7, 11) is 0. The molecule has 1 aromatic carbocycles. The molecule has 0 atom stereocenters. The molecule has 1 saturated carbocycles. The molecule has 5 heteroatoms. The molecular weight excluding hydrogens is 266 g/mol. The largest absolute Gasteiger partial charge is 0.478 e. The van der Waals surface area contributed by atoms with E-state index in [9.17, 15) is 9.90 Å². The van der Waals surface area contributed by atoms with Crippen LogP contribution in [0.3, 0.4) is 0 Å². The summed E-state index contributed by atoms with van der Waals surface area (Å²) in [5, 5.41) is 16.5. The Hall–Kier alpha value is -2.17. The molecule has 21 heavy (non-hydrogen) atoms. The summed E-state index contributed by atoms with van der Waals surface area (Å²) < 4.78 is 0. The van der Waals surface area contributed by atoms with Crippen molar-refractivity contribution in [3.8, 4) is 11.4 Å². The van der Waals surface area contributed by atoms with E-state index in [1.54, 1.807) is 6.07 Å². The van der Waals surface area contributed by atoms with Gasteiger partial charge in [-0.25, -0.2) is 9.78 Å². The SMILES string of the molecule is Cc1nc(-c2cc(C(=O)O)c(C)c(C)c2C2CCC2)n[nH]1. The Bertz CT molecular complexity index is 715. The summed E-state index contributed by atoms with van der Waals surface area (Å²) in [5.41, 5.74) is 4.35. The lowest BCUT2D eigenvalue weighted by Crippen LogP contribution is -2.15. The average Bonchev–Trinajstić information content (AvgIpc) is 2.79. The number of H-pyrrole nitrogens is 1. The second kappa shape index (κ2) is 4.98. The quantitative estimate of drug-likeness (QED) is 0.906. The minimum atomic E-state index is -0.899. The Balaban J connectivity index is 2.26. The lowest BCUT2D eigenvalue weighted by molar-refractivity contribution is 0.0696. The number of nitrogens with one attached hydrogen (secondary N) is 1. The highest BCUT2D eigenvalue weighted by molar-refractivity contribution is 5.92. The van der Waals surface area contributed by atoms with E-state index in [0.29, 0.717) is 17.3 Å². The molecule has 0 unspecified atom stereocenters. The van der Waals surface area contributed by atoms with Gasteiger partial charge >= 0.3 is 5.97 Å². The predicted molar refractivity (Wildman–Crippen MR) is 79.6 cm³/mol. The number of nitrogens with zero attached hydrogens (tertiary/aromatic N) is 2. The third-order valence-corrected chi connectivity index (χ3v) is 4.53. The first-order valence-electron chi connectivity index (χ1n) is 7.25. The van der Waals surface area contributed by atoms with E-state index in [-0.39, 0.29) is 0 Å². The molecule has 0 bridgehead atoms. The Morgan fingerprint density at radius 2 is 2.00 bits per heavy atom. The Morgan fingerprint density at radius 1 is 1.29 bits per heavy atom. The van der Waals surface area contributed by atoms with Crippen LogP contribution in [0.4, 0.5) is 0 Å². The molecule has 3 rings (SSSR count). The summed E-state index contributed by atoms with van der Waals surface area (Å²) in [6.07, 6.45) is 3.54. The third-order valence-electron chi connectivity index (χ3n) is 4.53. The van der Waals surface area contributed by atoms with Crippen molar-refractivity contribution in [1.29, 1.82) is 0 Å². The summed E-state index contributed by atoms with van der Waals surface area (Å²) in [6, 6.07) is 1.74. The van der Waals surface area contributed by atoms with E-state index >= 15 is 0 Å². The van der Waals surface area contributed by atoms with Crippen LogP contribution in [0.5, 0.6) is 0 Å². The smallest absolute Gasteiger partial charge is 0.335 e. The van der Waals surface area contributed by atoms with Crippen molar-refractivity contribution >= 4 is 5.97 Å². The first-order chi connectivity index (χ1) is 9.99. The zero-order chi connectivity index (χ0) is 15.1. The number of carboxylic acid groups (broad SMARTS) is 1. The fraction of sp³-hybridized carbons (Fsp3) is 0.438. The van der Waals surface area contributed by atoms with Gasteiger partial charge in [0.15, 0.2) is 5.82 Å². The van der Waals surface area contributed by atoms with Gasteiger partial charge in [-0.3, -0.25) is 5.10 Å². The number of carboxylic acids is 1. The first kappa shape index (κ1) is 13.8. The number of benzene rings is 1. The van der Waals surface area contributed by atoms with Gasteiger partial charge in [0.2, 0.25) is 0 Å². The van der Waals surface area contributed by atoms with Crippen molar-refractivity contribution in [1.82, 2.24) is 15.2 Å². The monoisotopic (exact) mass is 285 g/mol. The maximum Gasteiger partial charge on any atom is 0.335 e. The van der Waals surface area contributed by atoms with Crippen molar-refractivity contribution in [3.63, 3.8) is 0 Å². The second-order valence-electron chi connectivity index (χ2n) is 5.81. The van der Waals surface area contributed by atoms with Gasteiger partial charge in [-0.2, -0.15) is 5.10 Å². The zero-order valence-electron chi connectivity index (χ0n) is 12.5.